The molecule has 1 atom stereocenters. The van der Waals surface area contributed by atoms with Crippen molar-refractivity contribution >= 4 is 11.9 Å². The molecule has 0 spiro atoms. The molecule has 0 radical (unpaired) electrons. The third kappa shape index (κ3) is 3.37. The molecule has 0 aliphatic rings. The van der Waals surface area contributed by atoms with Crippen molar-refractivity contribution in [1.29, 1.82) is 0 Å². The zero-order valence-corrected chi connectivity index (χ0v) is 10.4. The molecular weight excluding hydrogens is 284 g/mol. The quantitative estimate of drug-likeness (QED) is 0.655. The Kier molecular flexibility index (Phi) is 4.89. The summed E-state index contributed by atoms with van der Waals surface area (Å²) >= 11 is 0. The summed E-state index contributed by atoms with van der Waals surface area (Å²) in [6.45, 7) is 1.04. The first-order chi connectivity index (χ1) is 9.27. The number of nitrogens with one attached hydrogen (secondary N) is 2. The van der Waals surface area contributed by atoms with E-state index >= 15 is 0 Å². The molecule has 0 bridgehead atoms. The van der Waals surface area contributed by atoms with Crippen molar-refractivity contribution in [2.24, 2.45) is 0 Å². The highest BCUT2D eigenvalue weighted by atomic mass is 19.2. The highest BCUT2D eigenvalue weighted by molar-refractivity contribution is 5.96. The number of carbonyl (C=O) groups excluding carboxylic acids is 2. The minimum absolute atomic E-state index is 0.00674. The molecular formula is C11H10F4N2O3. The van der Waals surface area contributed by atoms with Gasteiger partial charge < -0.3 is 10.1 Å². The van der Waals surface area contributed by atoms with Crippen molar-refractivity contribution in [2.75, 3.05) is 7.05 Å². The first-order valence-corrected chi connectivity index (χ1v) is 5.30. The van der Waals surface area contributed by atoms with E-state index in [1.807, 2.05) is 0 Å². The molecule has 0 saturated carbocycles. The van der Waals surface area contributed by atoms with Gasteiger partial charge in [0.2, 0.25) is 11.6 Å². The van der Waals surface area contributed by atoms with Crippen LogP contribution in [0.1, 0.15) is 6.92 Å². The van der Waals surface area contributed by atoms with Crippen LogP contribution in [-0.2, 0) is 4.79 Å². The van der Waals surface area contributed by atoms with Gasteiger partial charge in [-0.25, -0.2) is 13.6 Å². The molecule has 1 aromatic carbocycles. The van der Waals surface area contributed by atoms with Crippen LogP contribution in [0, 0.1) is 23.3 Å². The molecule has 3 amide bonds. The first-order valence-electron chi connectivity index (χ1n) is 5.30. The fourth-order valence-electron chi connectivity index (χ4n) is 1.16. The Labute approximate surface area is 110 Å². The van der Waals surface area contributed by atoms with Crippen molar-refractivity contribution in [2.45, 2.75) is 13.0 Å². The highest BCUT2D eigenvalue weighted by Crippen LogP contribution is 2.27. The van der Waals surface area contributed by atoms with Gasteiger partial charge in [0.05, 0.1) is 0 Å². The Hall–Kier alpha value is -2.32. The SMILES string of the molecule is CNC(=O)NC(=O)[C@H](C)Oc1c(F)c(F)cc(F)c1F. The van der Waals surface area contributed by atoms with E-state index < -0.39 is 47.1 Å². The smallest absolute Gasteiger partial charge is 0.321 e. The Balaban J connectivity index is 2.93. The molecule has 0 aromatic heterocycles. The molecule has 20 heavy (non-hydrogen) atoms. The van der Waals surface area contributed by atoms with Crippen LogP contribution >= 0.6 is 0 Å². The van der Waals surface area contributed by atoms with E-state index in [1.165, 1.54) is 7.05 Å². The molecule has 5 nitrogen and oxygen atoms in total. The lowest BCUT2D eigenvalue weighted by atomic mass is 10.2. The van der Waals surface area contributed by atoms with E-state index in [0.29, 0.717) is 0 Å². The molecule has 0 heterocycles. The van der Waals surface area contributed by atoms with Gasteiger partial charge in [0.15, 0.2) is 23.5 Å². The second kappa shape index (κ2) is 6.22. The van der Waals surface area contributed by atoms with Crippen LogP contribution < -0.4 is 15.4 Å². The van der Waals surface area contributed by atoms with E-state index in [-0.39, 0.29) is 6.07 Å². The number of ether oxygens (including phenoxy) is 1. The average Bonchev–Trinajstić information content (AvgIpc) is 2.40. The van der Waals surface area contributed by atoms with Crippen LogP contribution in [0.2, 0.25) is 0 Å². The zero-order valence-electron chi connectivity index (χ0n) is 10.4. The molecule has 0 unspecified atom stereocenters. The Bertz CT molecular complexity index is 525. The minimum Gasteiger partial charge on any atom is -0.474 e. The highest BCUT2D eigenvalue weighted by Gasteiger charge is 2.25. The predicted octanol–water partition coefficient (Wildman–Crippen LogP) is 1.47. The van der Waals surface area contributed by atoms with Crippen LogP contribution in [0.15, 0.2) is 6.07 Å². The lowest BCUT2D eigenvalue weighted by Crippen LogP contribution is -2.44. The van der Waals surface area contributed by atoms with Crippen LogP contribution in [0.5, 0.6) is 5.75 Å². The third-order valence-corrected chi connectivity index (χ3v) is 2.20. The predicted molar refractivity (Wildman–Crippen MR) is 59.0 cm³/mol. The summed E-state index contributed by atoms with van der Waals surface area (Å²) in [7, 11) is 1.23. The summed E-state index contributed by atoms with van der Waals surface area (Å²) < 4.78 is 56.9. The summed E-state index contributed by atoms with van der Waals surface area (Å²) in [4.78, 5) is 22.2. The number of amides is 3. The number of imide groups is 1. The van der Waals surface area contributed by atoms with Gasteiger partial charge in [-0.05, 0) is 6.92 Å². The minimum atomic E-state index is -1.77. The van der Waals surface area contributed by atoms with E-state index in [4.69, 9.17) is 0 Å². The van der Waals surface area contributed by atoms with E-state index in [2.05, 4.69) is 10.1 Å². The van der Waals surface area contributed by atoms with E-state index in [0.717, 1.165) is 6.92 Å². The summed E-state index contributed by atoms with van der Waals surface area (Å²) in [6.07, 6.45) is -1.56. The van der Waals surface area contributed by atoms with Gasteiger partial charge in [0.1, 0.15) is 0 Å². The first kappa shape index (κ1) is 15.7. The van der Waals surface area contributed by atoms with Gasteiger partial charge in [-0.3, -0.25) is 10.1 Å². The van der Waals surface area contributed by atoms with E-state index in [9.17, 15) is 27.2 Å². The van der Waals surface area contributed by atoms with Gasteiger partial charge in [0.25, 0.3) is 5.91 Å². The average molecular weight is 294 g/mol. The molecule has 1 rings (SSSR count). The lowest BCUT2D eigenvalue weighted by molar-refractivity contribution is -0.126. The van der Waals surface area contributed by atoms with Gasteiger partial charge in [-0.2, -0.15) is 8.78 Å². The maximum atomic E-state index is 13.3. The summed E-state index contributed by atoms with van der Waals surface area (Å²) in [5.41, 5.74) is 0. The van der Waals surface area contributed by atoms with Gasteiger partial charge in [-0.15, -0.1) is 0 Å². The zero-order chi connectivity index (χ0) is 15.4. The maximum absolute atomic E-state index is 13.3. The Morgan fingerprint density at radius 1 is 1.15 bits per heavy atom. The molecule has 0 aliphatic carbocycles. The molecule has 0 saturated heterocycles. The fourth-order valence-corrected chi connectivity index (χ4v) is 1.16. The summed E-state index contributed by atoms with van der Waals surface area (Å²) in [5.74, 6) is -9.31. The number of hydrogen-bond donors (Lipinski definition) is 2. The second-order valence-electron chi connectivity index (χ2n) is 3.63. The number of urea groups is 1. The van der Waals surface area contributed by atoms with Crippen molar-refractivity contribution < 1.29 is 31.9 Å². The van der Waals surface area contributed by atoms with Gasteiger partial charge in [0, 0.05) is 13.1 Å². The summed E-state index contributed by atoms with van der Waals surface area (Å²) in [6, 6.07) is -0.871. The van der Waals surface area contributed by atoms with Crippen molar-refractivity contribution in [1.82, 2.24) is 10.6 Å². The van der Waals surface area contributed by atoms with Crippen molar-refractivity contribution in [3.8, 4) is 5.75 Å². The lowest BCUT2D eigenvalue weighted by Gasteiger charge is -2.15. The van der Waals surface area contributed by atoms with Crippen molar-refractivity contribution in [3.63, 3.8) is 0 Å². The van der Waals surface area contributed by atoms with Crippen LogP contribution in [0.4, 0.5) is 22.4 Å². The fraction of sp³-hybridized carbons (Fsp3) is 0.273. The number of carbonyl (C=O) groups is 2. The number of hydrogen-bond acceptors (Lipinski definition) is 3. The normalized spacial score (nSPS) is 11.7. The monoisotopic (exact) mass is 294 g/mol. The number of halogens is 4. The number of benzene rings is 1. The van der Waals surface area contributed by atoms with E-state index in [1.54, 1.807) is 5.32 Å². The molecule has 110 valence electrons. The molecule has 2 N–H and O–H groups in total. The number of rotatable bonds is 3. The molecule has 0 fully saturated rings. The maximum Gasteiger partial charge on any atom is 0.321 e. The summed E-state index contributed by atoms with van der Waals surface area (Å²) in [5, 5.41) is 3.83. The Morgan fingerprint density at radius 3 is 2.10 bits per heavy atom. The second-order valence-corrected chi connectivity index (χ2v) is 3.63. The van der Waals surface area contributed by atoms with Gasteiger partial charge >= 0.3 is 6.03 Å². The van der Waals surface area contributed by atoms with Crippen LogP contribution in [-0.4, -0.2) is 25.1 Å². The largest absolute Gasteiger partial charge is 0.474 e. The molecule has 0 aliphatic heterocycles. The van der Waals surface area contributed by atoms with Crippen molar-refractivity contribution in [3.05, 3.63) is 29.3 Å². The van der Waals surface area contributed by atoms with Gasteiger partial charge in [-0.1, -0.05) is 0 Å². The molecule has 9 heteroatoms. The topological polar surface area (TPSA) is 67.4 Å². The van der Waals surface area contributed by atoms with Crippen LogP contribution in [0.3, 0.4) is 0 Å². The Morgan fingerprint density at radius 2 is 1.65 bits per heavy atom. The third-order valence-electron chi connectivity index (χ3n) is 2.20. The molecule has 1 aromatic rings. The van der Waals surface area contributed by atoms with Crippen LogP contribution in [0.25, 0.3) is 0 Å². The standard InChI is InChI=1S/C11H10F4N2O3/c1-4(10(18)17-11(19)16-2)20-9-7(14)5(12)3-6(13)8(9)15/h3-4H,1-2H3,(H2,16,17,18,19)/t4-/m0/s1.